The molecule has 0 unspecified atom stereocenters. The third-order valence-corrected chi connectivity index (χ3v) is 5.25. The molecule has 0 saturated heterocycles. The van der Waals surface area contributed by atoms with Crippen LogP contribution < -0.4 is 14.8 Å². The molecular formula is C21H30N4O3. The van der Waals surface area contributed by atoms with E-state index in [0.717, 1.165) is 48.7 Å². The summed E-state index contributed by atoms with van der Waals surface area (Å²) in [6.45, 7) is 1.11. The van der Waals surface area contributed by atoms with Crippen molar-refractivity contribution < 1.29 is 14.3 Å². The zero-order valence-electron chi connectivity index (χ0n) is 17.0. The Morgan fingerprint density at radius 1 is 1.21 bits per heavy atom. The van der Waals surface area contributed by atoms with E-state index in [1.807, 2.05) is 40.9 Å². The number of nitrogens with one attached hydrogen (secondary N) is 1. The highest BCUT2D eigenvalue weighted by Crippen LogP contribution is 2.31. The molecule has 0 atom stereocenters. The van der Waals surface area contributed by atoms with Crippen LogP contribution in [0.15, 0.2) is 30.5 Å². The molecule has 1 fully saturated rings. The molecule has 28 heavy (non-hydrogen) atoms. The van der Waals surface area contributed by atoms with Crippen molar-refractivity contribution in [1.29, 1.82) is 0 Å². The minimum absolute atomic E-state index is 0.0189. The molecule has 1 saturated carbocycles. The molecule has 1 N–H and O–H groups in total. The zero-order chi connectivity index (χ0) is 19.9. The van der Waals surface area contributed by atoms with Crippen molar-refractivity contribution in [3.05, 3.63) is 36.0 Å². The minimum atomic E-state index is -0.0189. The number of amides is 1. The van der Waals surface area contributed by atoms with Gasteiger partial charge in [0, 0.05) is 12.6 Å². The van der Waals surface area contributed by atoms with E-state index in [1.54, 1.807) is 20.4 Å². The monoisotopic (exact) mass is 386 g/mol. The predicted octanol–water partition coefficient (Wildman–Crippen LogP) is 3.13. The first kappa shape index (κ1) is 20.2. The number of benzene rings is 1. The van der Waals surface area contributed by atoms with Gasteiger partial charge in [-0.3, -0.25) is 9.69 Å². The number of aromatic nitrogens is 2. The summed E-state index contributed by atoms with van der Waals surface area (Å²) in [5, 5.41) is 7.42. The van der Waals surface area contributed by atoms with Crippen molar-refractivity contribution in [2.45, 2.75) is 38.1 Å². The quantitative estimate of drug-likeness (QED) is 0.717. The molecule has 0 spiro atoms. The summed E-state index contributed by atoms with van der Waals surface area (Å²) in [5.74, 6) is 2.22. The van der Waals surface area contributed by atoms with Gasteiger partial charge < -0.3 is 14.8 Å². The first-order valence-corrected chi connectivity index (χ1v) is 9.83. The molecular weight excluding hydrogens is 356 g/mol. The Labute approximate surface area is 166 Å². The van der Waals surface area contributed by atoms with Crippen molar-refractivity contribution in [2.24, 2.45) is 0 Å². The lowest BCUT2D eigenvalue weighted by Crippen LogP contribution is -2.32. The van der Waals surface area contributed by atoms with E-state index in [2.05, 4.69) is 10.4 Å². The van der Waals surface area contributed by atoms with Gasteiger partial charge in [-0.25, -0.2) is 4.68 Å². The summed E-state index contributed by atoms with van der Waals surface area (Å²) in [5.41, 5.74) is 1.14. The van der Waals surface area contributed by atoms with Crippen LogP contribution in [-0.2, 0) is 11.2 Å². The number of ether oxygens (including phenoxy) is 2. The Hall–Kier alpha value is -2.54. The molecule has 7 nitrogen and oxygen atoms in total. The van der Waals surface area contributed by atoms with Gasteiger partial charge in [-0.1, -0.05) is 18.9 Å². The Morgan fingerprint density at radius 3 is 2.68 bits per heavy atom. The van der Waals surface area contributed by atoms with E-state index in [-0.39, 0.29) is 5.91 Å². The van der Waals surface area contributed by atoms with Crippen molar-refractivity contribution in [1.82, 2.24) is 14.7 Å². The van der Waals surface area contributed by atoms with Crippen LogP contribution in [-0.4, -0.2) is 54.9 Å². The Morgan fingerprint density at radius 2 is 1.96 bits per heavy atom. The maximum absolute atomic E-state index is 12.5. The molecule has 2 aromatic rings. The van der Waals surface area contributed by atoms with Gasteiger partial charge in [0.1, 0.15) is 5.82 Å². The predicted molar refractivity (Wildman–Crippen MR) is 109 cm³/mol. The highest BCUT2D eigenvalue weighted by molar-refractivity contribution is 5.91. The van der Waals surface area contributed by atoms with Crippen LogP contribution in [0.25, 0.3) is 0 Å². The lowest BCUT2D eigenvalue weighted by Gasteiger charge is -2.18. The molecule has 7 heteroatoms. The number of likely N-dealkylation sites (N-methyl/N-ethyl adjacent to an activating group) is 1. The van der Waals surface area contributed by atoms with Gasteiger partial charge in [-0.05, 0) is 44.0 Å². The van der Waals surface area contributed by atoms with E-state index >= 15 is 0 Å². The molecule has 1 aromatic heterocycles. The van der Waals surface area contributed by atoms with Crippen LogP contribution in [0.3, 0.4) is 0 Å². The molecule has 0 radical (unpaired) electrons. The Bertz CT molecular complexity index is 784. The van der Waals surface area contributed by atoms with Crippen LogP contribution in [0.5, 0.6) is 11.5 Å². The first-order valence-electron chi connectivity index (χ1n) is 9.83. The average molecular weight is 386 g/mol. The first-order chi connectivity index (χ1) is 13.6. The molecule has 1 heterocycles. The maximum atomic E-state index is 12.5. The fourth-order valence-corrected chi connectivity index (χ4v) is 3.72. The van der Waals surface area contributed by atoms with Crippen LogP contribution in [0.2, 0.25) is 0 Å². The van der Waals surface area contributed by atoms with Crippen LogP contribution in [0.1, 0.15) is 37.3 Å². The van der Waals surface area contributed by atoms with E-state index in [4.69, 9.17) is 9.47 Å². The average Bonchev–Trinajstić information content (AvgIpc) is 3.37. The second kappa shape index (κ2) is 9.59. The molecule has 152 valence electrons. The van der Waals surface area contributed by atoms with Gasteiger partial charge in [0.25, 0.3) is 0 Å². The fraction of sp³-hybridized carbons (Fsp3) is 0.524. The number of hydrogen-bond donors (Lipinski definition) is 1. The van der Waals surface area contributed by atoms with Gasteiger partial charge >= 0.3 is 0 Å². The molecule has 1 amide bonds. The Balaban J connectivity index is 1.49. The Kier molecular flexibility index (Phi) is 6.92. The molecule has 0 aliphatic heterocycles. The number of rotatable bonds is 9. The van der Waals surface area contributed by atoms with Gasteiger partial charge in [0.15, 0.2) is 11.5 Å². The smallest absolute Gasteiger partial charge is 0.239 e. The van der Waals surface area contributed by atoms with Gasteiger partial charge in [-0.2, -0.15) is 5.10 Å². The number of anilines is 1. The van der Waals surface area contributed by atoms with Gasteiger partial charge in [-0.15, -0.1) is 0 Å². The van der Waals surface area contributed by atoms with Crippen molar-refractivity contribution in [2.75, 3.05) is 39.7 Å². The minimum Gasteiger partial charge on any atom is -0.493 e. The summed E-state index contributed by atoms with van der Waals surface area (Å²) < 4.78 is 12.6. The van der Waals surface area contributed by atoms with E-state index in [1.165, 1.54) is 12.8 Å². The maximum Gasteiger partial charge on any atom is 0.239 e. The summed E-state index contributed by atoms with van der Waals surface area (Å²) >= 11 is 0. The van der Waals surface area contributed by atoms with Crippen LogP contribution in [0.4, 0.5) is 5.82 Å². The normalized spacial score (nSPS) is 14.4. The van der Waals surface area contributed by atoms with Crippen LogP contribution in [0, 0.1) is 0 Å². The van der Waals surface area contributed by atoms with Crippen molar-refractivity contribution in [3.63, 3.8) is 0 Å². The lowest BCUT2D eigenvalue weighted by molar-refractivity contribution is -0.117. The van der Waals surface area contributed by atoms with E-state index in [0.29, 0.717) is 12.6 Å². The van der Waals surface area contributed by atoms with E-state index in [9.17, 15) is 4.79 Å². The zero-order valence-corrected chi connectivity index (χ0v) is 17.0. The highest BCUT2D eigenvalue weighted by atomic mass is 16.5. The lowest BCUT2D eigenvalue weighted by atomic mass is 10.1. The van der Waals surface area contributed by atoms with Crippen molar-refractivity contribution >= 4 is 11.7 Å². The molecule has 1 aliphatic rings. The third kappa shape index (κ3) is 5.04. The SMILES string of the molecule is COc1ccc(CCN(C)CC(=O)Nc2ccnn2C2CCCC2)cc1OC. The topological polar surface area (TPSA) is 68.6 Å². The summed E-state index contributed by atoms with van der Waals surface area (Å²) in [4.78, 5) is 14.5. The van der Waals surface area contributed by atoms with Gasteiger partial charge in [0.2, 0.25) is 5.91 Å². The summed E-state index contributed by atoms with van der Waals surface area (Å²) in [7, 11) is 5.21. The van der Waals surface area contributed by atoms with Crippen molar-refractivity contribution in [3.8, 4) is 11.5 Å². The molecule has 3 rings (SSSR count). The number of carbonyl (C=O) groups excluding carboxylic acids is 1. The second-order valence-corrected chi connectivity index (χ2v) is 7.32. The highest BCUT2D eigenvalue weighted by Gasteiger charge is 2.20. The molecule has 1 aromatic carbocycles. The molecule has 1 aliphatic carbocycles. The summed E-state index contributed by atoms with van der Waals surface area (Å²) in [6.07, 6.45) is 7.32. The number of hydrogen-bond acceptors (Lipinski definition) is 5. The largest absolute Gasteiger partial charge is 0.493 e. The second-order valence-electron chi connectivity index (χ2n) is 7.32. The fourth-order valence-electron chi connectivity index (χ4n) is 3.72. The third-order valence-electron chi connectivity index (χ3n) is 5.25. The van der Waals surface area contributed by atoms with Crippen LogP contribution >= 0.6 is 0 Å². The van der Waals surface area contributed by atoms with Gasteiger partial charge in [0.05, 0.1) is 33.0 Å². The van der Waals surface area contributed by atoms with E-state index < -0.39 is 0 Å². The molecule has 0 bridgehead atoms. The number of nitrogens with zero attached hydrogens (tertiary/aromatic N) is 3. The summed E-state index contributed by atoms with van der Waals surface area (Å²) in [6, 6.07) is 8.20. The number of methoxy groups -OCH3 is 2. The standard InChI is InChI=1S/C21H30N4O3/c1-24(13-11-16-8-9-18(27-2)19(14-16)28-3)15-21(26)23-20-10-12-22-25(20)17-6-4-5-7-17/h8-10,12,14,17H,4-7,11,13,15H2,1-3H3,(H,23,26). The number of carbonyl (C=O) groups is 1.